The summed E-state index contributed by atoms with van der Waals surface area (Å²) in [7, 11) is 0. The number of fused-ring (bicyclic) bond motifs is 6. The summed E-state index contributed by atoms with van der Waals surface area (Å²) >= 11 is 0. The Bertz CT molecular complexity index is 1050. The minimum Gasteiger partial charge on any atom is -0.316 e. The molecule has 9 atom stereocenters. The summed E-state index contributed by atoms with van der Waals surface area (Å²) in [6.45, 7) is 7.54. The van der Waals surface area contributed by atoms with Gasteiger partial charge in [-0.3, -0.25) is 14.6 Å². The standard InChI is InChI=1S/C42H70N4O/c1-27-5-4-7-35-34-6-2-3-8-38(34)46(41(27)35)33-19-15-31(16-20-33)42(47)30-11-9-28(10-12-30)29-13-17-32(18-14-29)45-39-21-23-43-25-36(39)37-26-44-24-22-40(37)45/h27-41,43-44H,2-26H2,1H3. The van der Waals surface area contributed by atoms with Crippen LogP contribution >= 0.6 is 0 Å². The van der Waals surface area contributed by atoms with Gasteiger partial charge in [0, 0.05) is 48.1 Å². The van der Waals surface area contributed by atoms with E-state index in [1.807, 2.05) is 0 Å². The van der Waals surface area contributed by atoms with Crippen LogP contribution in [0.4, 0.5) is 0 Å². The minimum atomic E-state index is 0.380. The Hall–Kier alpha value is -0.490. The molecule has 5 saturated carbocycles. The molecule has 5 heteroatoms. The van der Waals surface area contributed by atoms with Crippen molar-refractivity contribution < 1.29 is 4.79 Å². The molecule has 2 N–H and O–H groups in total. The van der Waals surface area contributed by atoms with E-state index in [1.54, 1.807) is 0 Å². The zero-order valence-corrected chi connectivity index (χ0v) is 30.1. The first-order chi connectivity index (χ1) is 23.2. The normalized spacial score (nSPS) is 51.0. The van der Waals surface area contributed by atoms with E-state index < -0.39 is 0 Å². The van der Waals surface area contributed by atoms with Crippen molar-refractivity contribution in [3.8, 4) is 0 Å². The number of carbonyl (C=O) groups is 1. The minimum absolute atomic E-state index is 0.380. The van der Waals surface area contributed by atoms with Crippen molar-refractivity contribution in [3.63, 3.8) is 0 Å². The summed E-state index contributed by atoms with van der Waals surface area (Å²) in [5.74, 6) is 7.91. The maximum Gasteiger partial charge on any atom is 0.139 e. The van der Waals surface area contributed by atoms with E-state index in [0.29, 0.717) is 17.6 Å². The summed E-state index contributed by atoms with van der Waals surface area (Å²) in [5, 5.41) is 7.50. The molecule has 5 aliphatic carbocycles. The fraction of sp³-hybridized carbons (Fsp3) is 0.976. The van der Waals surface area contributed by atoms with Crippen LogP contribution < -0.4 is 10.6 Å². The smallest absolute Gasteiger partial charge is 0.139 e. The highest BCUT2D eigenvalue weighted by Crippen LogP contribution is 2.53. The molecule has 0 amide bonds. The molecule has 9 unspecified atom stereocenters. The van der Waals surface area contributed by atoms with Gasteiger partial charge in [0.1, 0.15) is 5.78 Å². The van der Waals surface area contributed by atoms with Crippen LogP contribution in [0.5, 0.6) is 0 Å². The van der Waals surface area contributed by atoms with Crippen LogP contribution in [0.15, 0.2) is 0 Å². The molecule has 4 aliphatic heterocycles. The van der Waals surface area contributed by atoms with Crippen molar-refractivity contribution in [1.29, 1.82) is 0 Å². The number of piperidine rings is 2. The van der Waals surface area contributed by atoms with Gasteiger partial charge in [0.25, 0.3) is 0 Å². The summed E-state index contributed by atoms with van der Waals surface area (Å²) < 4.78 is 0. The van der Waals surface area contributed by atoms with Crippen LogP contribution in [0.3, 0.4) is 0 Å². The van der Waals surface area contributed by atoms with Gasteiger partial charge in [-0.05, 0) is 183 Å². The number of likely N-dealkylation sites (tertiary alicyclic amines) is 2. The third kappa shape index (κ3) is 5.93. The van der Waals surface area contributed by atoms with Gasteiger partial charge in [-0.1, -0.05) is 26.2 Å². The maximum atomic E-state index is 14.0. The van der Waals surface area contributed by atoms with E-state index in [2.05, 4.69) is 27.4 Å². The average Bonchev–Trinajstić information content (AvgIpc) is 3.66. The SMILES string of the molecule is CC1CCCC2C3CCCCC3N(C3CCC(C(=O)C4CCC(C5CCC(N6C7CCNCC7C7CNCCC76)CC5)CC4)CC3)C12. The molecule has 0 spiro atoms. The zero-order valence-electron chi connectivity index (χ0n) is 30.1. The first-order valence-electron chi connectivity index (χ1n) is 21.7. The molecule has 0 aromatic heterocycles. The van der Waals surface area contributed by atoms with Crippen LogP contribution in [0.2, 0.25) is 0 Å². The Labute approximate surface area is 287 Å². The molecule has 0 aromatic rings. The second-order valence-electron chi connectivity index (χ2n) is 19.0. The van der Waals surface area contributed by atoms with Gasteiger partial charge in [0.05, 0.1) is 0 Å². The highest BCUT2D eigenvalue weighted by Gasteiger charge is 2.55. The van der Waals surface area contributed by atoms with Crippen LogP contribution in [0.1, 0.15) is 142 Å². The van der Waals surface area contributed by atoms with Gasteiger partial charge in [-0.25, -0.2) is 0 Å². The Balaban J connectivity index is 0.753. The van der Waals surface area contributed by atoms with Gasteiger partial charge < -0.3 is 10.6 Å². The van der Waals surface area contributed by atoms with Crippen molar-refractivity contribution in [2.24, 2.45) is 53.3 Å². The molecular formula is C42H70N4O. The first-order valence-corrected chi connectivity index (χ1v) is 21.7. The number of nitrogens with zero attached hydrogens (tertiary/aromatic N) is 2. The summed E-state index contributed by atoms with van der Waals surface area (Å²) in [5.41, 5.74) is 0. The number of carbonyl (C=O) groups excluding carboxylic acids is 1. The van der Waals surface area contributed by atoms with Crippen molar-refractivity contribution in [2.75, 3.05) is 26.2 Å². The number of ketones is 1. The van der Waals surface area contributed by atoms with E-state index >= 15 is 0 Å². The van der Waals surface area contributed by atoms with Crippen LogP contribution in [-0.2, 0) is 4.79 Å². The van der Waals surface area contributed by atoms with E-state index in [9.17, 15) is 4.79 Å². The summed E-state index contributed by atoms with van der Waals surface area (Å²) in [4.78, 5) is 20.2. The molecule has 4 heterocycles. The Morgan fingerprint density at radius 3 is 1.66 bits per heavy atom. The van der Waals surface area contributed by atoms with Crippen molar-refractivity contribution in [1.82, 2.24) is 20.4 Å². The predicted octanol–water partition coefficient (Wildman–Crippen LogP) is 7.43. The second-order valence-corrected chi connectivity index (χ2v) is 19.0. The monoisotopic (exact) mass is 647 g/mol. The number of nitrogens with one attached hydrogen (secondary N) is 2. The number of hydrogen-bond donors (Lipinski definition) is 2. The molecule has 4 saturated heterocycles. The fourth-order valence-corrected chi connectivity index (χ4v) is 15.0. The quantitative estimate of drug-likeness (QED) is 0.325. The lowest BCUT2D eigenvalue weighted by atomic mass is 9.67. The number of hydrogen-bond acceptors (Lipinski definition) is 5. The van der Waals surface area contributed by atoms with Gasteiger partial charge in [0.2, 0.25) is 0 Å². The third-order valence-corrected chi connectivity index (χ3v) is 17.1. The third-order valence-electron chi connectivity index (χ3n) is 17.1. The molecule has 47 heavy (non-hydrogen) atoms. The fourth-order valence-electron chi connectivity index (χ4n) is 15.0. The van der Waals surface area contributed by atoms with Crippen molar-refractivity contribution in [3.05, 3.63) is 0 Å². The number of Topliss-reactive ketones (excluding diaryl/α,β-unsaturated/α-hetero) is 1. The molecule has 0 aromatic carbocycles. The van der Waals surface area contributed by atoms with Gasteiger partial charge in [0.15, 0.2) is 0 Å². The van der Waals surface area contributed by atoms with Crippen molar-refractivity contribution >= 4 is 5.78 Å². The van der Waals surface area contributed by atoms with Gasteiger partial charge in [-0.15, -0.1) is 0 Å². The molecule has 264 valence electrons. The molecule has 0 bridgehead atoms. The van der Waals surface area contributed by atoms with E-state index in [-0.39, 0.29) is 0 Å². The summed E-state index contributed by atoms with van der Waals surface area (Å²) in [6.07, 6.45) is 29.0. The maximum absolute atomic E-state index is 14.0. The Kier molecular flexibility index (Phi) is 9.59. The molecule has 9 aliphatic rings. The zero-order chi connectivity index (χ0) is 31.5. The summed E-state index contributed by atoms with van der Waals surface area (Å²) in [6, 6.07) is 5.04. The van der Waals surface area contributed by atoms with E-state index in [4.69, 9.17) is 0 Å². The Morgan fingerprint density at radius 1 is 0.489 bits per heavy atom. The molecular weight excluding hydrogens is 576 g/mol. The lowest BCUT2D eigenvalue weighted by Gasteiger charge is -2.46. The molecule has 0 radical (unpaired) electrons. The highest BCUT2D eigenvalue weighted by atomic mass is 16.1. The highest BCUT2D eigenvalue weighted by molar-refractivity contribution is 5.83. The number of rotatable bonds is 5. The average molecular weight is 647 g/mol. The topological polar surface area (TPSA) is 47.6 Å². The lowest BCUT2D eigenvalue weighted by molar-refractivity contribution is -0.129. The predicted molar refractivity (Wildman–Crippen MR) is 191 cm³/mol. The molecule has 9 rings (SSSR count). The molecule has 9 fully saturated rings. The lowest BCUT2D eigenvalue weighted by Crippen LogP contribution is -2.51. The Morgan fingerprint density at radius 2 is 1.00 bits per heavy atom. The largest absolute Gasteiger partial charge is 0.316 e. The van der Waals surface area contributed by atoms with Crippen LogP contribution in [0, 0.1) is 53.3 Å². The first kappa shape index (κ1) is 32.4. The second kappa shape index (κ2) is 13.9. The van der Waals surface area contributed by atoms with E-state index in [0.717, 1.165) is 77.7 Å². The van der Waals surface area contributed by atoms with Gasteiger partial charge in [-0.2, -0.15) is 0 Å². The van der Waals surface area contributed by atoms with E-state index in [1.165, 1.54) is 161 Å². The van der Waals surface area contributed by atoms with Crippen molar-refractivity contribution in [2.45, 2.75) is 178 Å². The van der Waals surface area contributed by atoms with Crippen LogP contribution in [-0.4, -0.2) is 78.0 Å². The van der Waals surface area contributed by atoms with Gasteiger partial charge >= 0.3 is 0 Å². The van der Waals surface area contributed by atoms with Crippen LogP contribution in [0.25, 0.3) is 0 Å². The molecule has 5 nitrogen and oxygen atoms in total.